The first kappa shape index (κ1) is 13.3. The molecule has 0 saturated carbocycles. The molecular weight excluding hydrogens is 286 g/mol. The van der Waals surface area contributed by atoms with E-state index in [4.69, 9.17) is 21.4 Å². The first-order valence-corrected chi connectivity index (χ1v) is 6.70. The van der Waals surface area contributed by atoms with Gasteiger partial charge in [0.05, 0.1) is 12.5 Å². The third kappa shape index (κ3) is 2.78. The van der Waals surface area contributed by atoms with Gasteiger partial charge >= 0.3 is 0 Å². The fraction of sp³-hybridized carbons (Fsp3) is 0.0625. The predicted molar refractivity (Wildman–Crippen MR) is 79.5 cm³/mol. The Balaban J connectivity index is 2.01. The molecule has 0 fully saturated rings. The molecule has 0 aliphatic carbocycles. The van der Waals surface area contributed by atoms with E-state index in [-0.39, 0.29) is 0 Å². The maximum Gasteiger partial charge on any atom is 0.258 e. The van der Waals surface area contributed by atoms with Crippen molar-refractivity contribution in [1.29, 1.82) is 5.26 Å². The summed E-state index contributed by atoms with van der Waals surface area (Å²) in [5.41, 5.74) is 2.43. The lowest BCUT2D eigenvalue weighted by molar-refractivity contribution is 0.432. The molecule has 1 heterocycles. The van der Waals surface area contributed by atoms with E-state index in [2.05, 4.69) is 16.2 Å². The molecule has 1 aromatic heterocycles. The standard InChI is InChI=1S/C16H10ClN3O/c17-13-6-3-5-12(10-13)15-19-16(21-20-15)14-7-2-1-4-11(14)8-9-18/h1-7,10H,8H2. The topological polar surface area (TPSA) is 62.7 Å². The summed E-state index contributed by atoms with van der Waals surface area (Å²) in [5.74, 6) is 0.870. The average Bonchev–Trinajstić information content (AvgIpc) is 2.98. The van der Waals surface area contributed by atoms with Gasteiger partial charge in [0, 0.05) is 16.1 Å². The van der Waals surface area contributed by atoms with Crippen LogP contribution in [0.4, 0.5) is 0 Å². The summed E-state index contributed by atoms with van der Waals surface area (Å²) in [6.07, 6.45) is 0.297. The summed E-state index contributed by atoms with van der Waals surface area (Å²) in [6.45, 7) is 0. The van der Waals surface area contributed by atoms with Crippen molar-refractivity contribution in [2.45, 2.75) is 6.42 Å². The van der Waals surface area contributed by atoms with Crippen LogP contribution in [0.25, 0.3) is 22.8 Å². The Bertz CT molecular complexity index is 820. The number of benzene rings is 2. The summed E-state index contributed by atoms with van der Waals surface area (Å²) in [6, 6.07) is 16.9. The molecule has 3 rings (SSSR count). The Morgan fingerprint density at radius 3 is 2.81 bits per heavy atom. The largest absolute Gasteiger partial charge is 0.334 e. The molecule has 5 heteroatoms. The van der Waals surface area contributed by atoms with Crippen LogP contribution < -0.4 is 0 Å². The van der Waals surface area contributed by atoms with Crippen LogP contribution in [0.15, 0.2) is 53.1 Å². The molecule has 102 valence electrons. The van der Waals surface area contributed by atoms with Crippen molar-refractivity contribution >= 4 is 11.6 Å². The molecule has 0 spiro atoms. The van der Waals surface area contributed by atoms with Gasteiger partial charge in [-0.3, -0.25) is 0 Å². The molecule has 4 nitrogen and oxygen atoms in total. The minimum absolute atomic E-state index is 0.297. The van der Waals surface area contributed by atoms with E-state index in [0.29, 0.717) is 23.2 Å². The van der Waals surface area contributed by atoms with Crippen molar-refractivity contribution in [3.63, 3.8) is 0 Å². The van der Waals surface area contributed by atoms with Crippen LogP contribution in [-0.2, 0) is 6.42 Å². The van der Waals surface area contributed by atoms with E-state index in [1.807, 2.05) is 36.4 Å². The van der Waals surface area contributed by atoms with Crippen molar-refractivity contribution in [2.24, 2.45) is 0 Å². The lowest BCUT2D eigenvalue weighted by Crippen LogP contribution is -1.88. The Labute approximate surface area is 126 Å². The number of halogens is 1. The number of aromatic nitrogens is 2. The van der Waals surface area contributed by atoms with Gasteiger partial charge < -0.3 is 4.52 Å². The Morgan fingerprint density at radius 2 is 2.00 bits per heavy atom. The highest BCUT2D eigenvalue weighted by molar-refractivity contribution is 6.30. The fourth-order valence-electron chi connectivity index (χ4n) is 2.05. The molecule has 2 aromatic carbocycles. The van der Waals surface area contributed by atoms with Crippen molar-refractivity contribution < 1.29 is 4.52 Å². The molecule has 0 unspecified atom stereocenters. The van der Waals surface area contributed by atoms with Crippen LogP contribution in [0.2, 0.25) is 5.02 Å². The molecular formula is C16H10ClN3O. The maximum atomic E-state index is 8.87. The highest BCUT2D eigenvalue weighted by Crippen LogP contribution is 2.26. The maximum absolute atomic E-state index is 8.87. The number of nitrogens with zero attached hydrogens (tertiary/aromatic N) is 3. The molecule has 0 radical (unpaired) electrons. The molecule has 0 amide bonds. The monoisotopic (exact) mass is 295 g/mol. The Morgan fingerprint density at radius 1 is 1.14 bits per heavy atom. The van der Waals surface area contributed by atoms with Gasteiger partial charge in [0.15, 0.2) is 0 Å². The molecule has 0 atom stereocenters. The molecule has 0 bridgehead atoms. The molecule has 0 saturated heterocycles. The van der Waals surface area contributed by atoms with E-state index in [9.17, 15) is 0 Å². The van der Waals surface area contributed by atoms with Gasteiger partial charge in [0.2, 0.25) is 5.82 Å². The summed E-state index contributed by atoms with van der Waals surface area (Å²) >= 11 is 5.96. The third-order valence-electron chi connectivity index (χ3n) is 3.03. The highest BCUT2D eigenvalue weighted by atomic mass is 35.5. The Hall–Kier alpha value is -2.64. The minimum atomic E-state index is 0.297. The summed E-state index contributed by atoms with van der Waals surface area (Å²) in [5, 5.41) is 13.5. The summed E-state index contributed by atoms with van der Waals surface area (Å²) in [4.78, 5) is 4.39. The van der Waals surface area contributed by atoms with Crippen molar-refractivity contribution in [3.8, 4) is 28.9 Å². The van der Waals surface area contributed by atoms with Crippen LogP contribution in [0.5, 0.6) is 0 Å². The van der Waals surface area contributed by atoms with Gasteiger partial charge in [-0.05, 0) is 23.8 Å². The third-order valence-corrected chi connectivity index (χ3v) is 3.26. The Kier molecular flexibility index (Phi) is 3.67. The molecule has 0 aliphatic rings. The van der Waals surface area contributed by atoms with E-state index in [1.54, 1.807) is 12.1 Å². The summed E-state index contributed by atoms with van der Waals surface area (Å²) < 4.78 is 5.32. The van der Waals surface area contributed by atoms with Crippen molar-refractivity contribution in [1.82, 2.24) is 10.1 Å². The van der Waals surface area contributed by atoms with Crippen molar-refractivity contribution in [2.75, 3.05) is 0 Å². The second-order valence-corrected chi connectivity index (χ2v) is 4.86. The van der Waals surface area contributed by atoms with Crippen LogP contribution >= 0.6 is 11.6 Å². The van der Waals surface area contributed by atoms with Gasteiger partial charge in [0.25, 0.3) is 5.89 Å². The zero-order valence-electron chi connectivity index (χ0n) is 11.0. The first-order chi connectivity index (χ1) is 10.3. The van der Waals surface area contributed by atoms with Crippen LogP contribution in [0.3, 0.4) is 0 Å². The zero-order chi connectivity index (χ0) is 14.7. The smallest absolute Gasteiger partial charge is 0.258 e. The second kappa shape index (κ2) is 5.78. The highest BCUT2D eigenvalue weighted by Gasteiger charge is 2.13. The lowest BCUT2D eigenvalue weighted by atomic mass is 10.1. The van der Waals surface area contributed by atoms with E-state index in [1.165, 1.54) is 0 Å². The molecule has 21 heavy (non-hydrogen) atoms. The van der Waals surface area contributed by atoms with E-state index < -0.39 is 0 Å². The number of hydrogen-bond acceptors (Lipinski definition) is 4. The minimum Gasteiger partial charge on any atom is -0.334 e. The lowest BCUT2D eigenvalue weighted by Gasteiger charge is -2.00. The zero-order valence-corrected chi connectivity index (χ0v) is 11.7. The second-order valence-electron chi connectivity index (χ2n) is 4.43. The summed E-state index contributed by atoms with van der Waals surface area (Å²) in [7, 11) is 0. The fourth-order valence-corrected chi connectivity index (χ4v) is 2.24. The SMILES string of the molecule is N#CCc1ccccc1-c1nc(-c2cccc(Cl)c2)no1. The normalized spacial score (nSPS) is 10.3. The quantitative estimate of drug-likeness (QED) is 0.729. The molecule has 0 aliphatic heterocycles. The predicted octanol–water partition coefficient (Wildman–Crippen LogP) is 4.12. The van der Waals surface area contributed by atoms with Gasteiger partial charge in [-0.15, -0.1) is 0 Å². The van der Waals surface area contributed by atoms with E-state index >= 15 is 0 Å². The van der Waals surface area contributed by atoms with Gasteiger partial charge in [-0.25, -0.2) is 0 Å². The van der Waals surface area contributed by atoms with Crippen LogP contribution in [-0.4, -0.2) is 10.1 Å². The number of nitriles is 1. The average molecular weight is 296 g/mol. The molecule has 3 aromatic rings. The van der Waals surface area contributed by atoms with Gasteiger partial charge in [0.1, 0.15) is 0 Å². The number of hydrogen-bond donors (Lipinski definition) is 0. The number of rotatable bonds is 3. The van der Waals surface area contributed by atoms with Gasteiger partial charge in [-0.1, -0.05) is 47.1 Å². The van der Waals surface area contributed by atoms with E-state index in [0.717, 1.165) is 16.7 Å². The van der Waals surface area contributed by atoms with Crippen LogP contribution in [0, 0.1) is 11.3 Å². The van der Waals surface area contributed by atoms with Gasteiger partial charge in [-0.2, -0.15) is 10.2 Å². The molecule has 0 N–H and O–H groups in total. The van der Waals surface area contributed by atoms with Crippen molar-refractivity contribution in [3.05, 3.63) is 59.1 Å². The first-order valence-electron chi connectivity index (χ1n) is 6.33. The van der Waals surface area contributed by atoms with Crippen LogP contribution in [0.1, 0.15) is 5.56 Å².